The molecule has 0 heterocycles. The van der Waals surface area contributed by atoms with Gasteiger partial charge in [0, 0.05) is 19.8 Å². The number of unbranched alkanes of at least 4 members (excludes halogenated alkanes) is 8. The van der Waals surface area contributed by atoms with Crippen LogP contribution in [0.3, 0.4) is 0 Å². The minimum absolute atomic E-state index is 0.453. The van der Waals surface area contributed by atoms with Crippen LogP contribution in [0.25, 0.3) is 0 Å². The third kappa shape index (κ3) is 10.3. The normalized spacial score (nSPS) is 13.4. The molecular weight excluding hydrogens is 292 g/mol. The molecule has 140 valence electrons. The maximum Gasteiger partial charge on any atom is 0.310 e. The fourth-order valence-corrected chi connectivity index (χ4v) is 2.84. The summed E-state index contributed by atoms with van der Waals surface area (Å²) in [4.78, 5) is 0. The van der Waals surface area contributed by atoms with Gasteiger partial charge in [-0.3, -0.25) is 0 Å². The smallest absolute Gasteiger partial charge is 0.310 e. The van der Waals surface area contributed by atoms with Crippen LogP contribution in [-0.2, 0) is 14.2 Å². The molecule has 0 radical (unpaired) electrons. The predicted molar refractivity (Wildman–Crippen MR) is 95.5 cm³/mol. The highest BCUT2D eigenvalue weighted by Crippen LogP contribution is 2.25. The van der Waals surface area contributed by atoms with Gasteiger partial charge in [0.15, 0.2) is 0 Å². The van der Waals surface area contributed by atoms with Gasteiger partial charge in [-0.25, -0.2) is 0 Å². The molecule has 0 saturated carbocycles. The van der Waals surface area contributed by atoms with Gasteiger partial charge in [0.05, 0.1) is 0 Å². The Labute approximate surface area is 143 Å². The van der Waals surface area contributed by atoms with Gasteiger partial charge in [0.25, 0.3) is 0 Å². The summed E-state index contributed by atoms with van der Waals surface area (Å²) in [6.45, 7) is 9.27. The van der Waals surface area contributed by atoms with Gasteiger partial charge in [0.1, 0.15) is 6.10 Å². The van der Waals surface area contributed by atoms with Crippen LogP contribution in [0, 0.1) is 0 Å². The van der Waals surface area contributed by atoms with Gasteiger partial charge in [0.2, 0.25) is 0 Å². The average molecular weight is 333 g/mol. The van der Waals surface area contributed by atoms with Crippen molar-refractivity contribution < 1.29 is 19.3 Å². The lowest BCUT2D eigenvalue weighted by Gasteiger charge is -2.36. The Hall–Kier alpha value is -0.160. The average Bonchev–Trinajstić information content (AvgIpc) is 2.53. The monoisotopic (exact) mass is 332 g/mol. The molecule has 0 fully saturated rings. The van der Waals surface area contributed by atoms with Gasteiger partial charge in [-0.05, 0) is 27.2 Å². The standard InChI is InChI=1S/C19H40O4/c1-5-9-10-11-12-13-14-15-16-17-18(20)19(21-6-2,22-7-3)23-8-4/h18,20H,5-17H2,1-4H3. The van der Waals surface area contributed by atoms with Gasteiger partial charge in [-0.1, -0.05) is 64.7 Å². The van der Waals surface area contributed by atoms with E-state index >= 15 is 0 Å². The summed E-state index contributed by atoms with van der Waals surface area (Å²) in [6.07, 6.45) is 11.3. The first-order valence-electron chi connectivity index (χ1n) is 9.76. The first-order chi connectivity index (χ1) is 11.2. The van der Waals surface area contributed by atoms with E-state index in [-0.39, 0.29) is 0 Å². The number of ether oxygens (including phenoxy) is 3. The number of aliphatic hydroxyl groups excluding tert-OH is 1. The van der Waals surface area contributed by atoms with E-state index < -0.39 is 12.1 Å². The van der Waals surface area contributed by atoms with Crippen LogP contribution in [0.4, 0.5) is 0 Å². The highest BCUT2D eigenvalue weighted by atomic mass is 16.9. The molecule has 0 spiro atoms. The molecular formula is C19H40O4. The molecule has 1 N–H and O–H groups in total. The molecule has 0 rings (SSSR count). The lowest BCUT2D eigenvalue weighted by atomic mass is 10.0. The SMILES string of the molecule is CCCCCCCCCCCC(O)C(OCC)(OCC)OCC. The molecule has 0 aliphatic carbocycles. The highest BCUT2D eigenvalue weighted by molar-refractivity contribution is 4.70. The minimum Gasteiger partial charge on any atom is -0.385 e. The fourth-order valence-electron chi connectivity index (χ4n) is 2.84. The molecule has 0 saturated heterocycles. The Morgan fingerprint density at radius 1 is 0.652 bits per heavy atom. The van der Waals surface area contributed by atoms with Crippen molar-refractivity contribution in [3.05, 3.63) is 0 Å². The van der Waals surface area contributed by atoms with E-state index in [0.717, 1.165) is 12.8 Å². The van der Waals surface area contributed by atoms with Crippen LogP contribution in [0.2, 0.25) is 0 Å². The minimum atomic E-state index is -1.29. The number of hydrogen-bond acceptors (Lipinski definition) is 4. The number of aliphatic hydroxyl groups is 1. The lowest BCUT2D eigenvalue weighted by molar-refractivity contribution is -0.410. The third-order valence-corrected chi connectivity index (χ3v) is 4.03. The molecule has 0 aromatic heterocycles. The highest BCUT2D eigenvalue weighted by Gasteiger charge is 2.40. The van der Waals surface area contributed by atoms with E-state index in [0.29, 0.717) is 26.2 Å². The molecule has 0 bridgehead atoms. The van der Waals surface area contributed by atoms with E-state index in [9.17, 15) is 5.11 Å². The molecule has 0 aromatic carbocycles. The predicted octanol–water partition coefficient (Wildman–Crippen LogP) is 5.03. The summed E-state index contributed by atoms with van der Waals surface area (Å²) in [5.41, 5.74) is 0. The zero-order valence-electron chi connectivity index (χ0n) is 15.9. The van der Waals surface area contributed by atoms with Crippen LogP contribution >= 0.6 is 0 Å². The van der Waals surface area contributed by atoms with Crippen LogP contribution in [0.1, 0.15) is 91.9 Å². The quantitative estimate of drug-likeness (QED) is 0.300. The summed E-state index contributed by atoms with van der Waals surface area (Å²) in [7, 11) is 0. The molecule has 1 unspecified atom stereocenters. The van der Waals surface area contributed by atoms with Crippen LogP contribution in [0.15, 0.2) is 0 Å². The first kappa shape index (κ1) is 22.8. The van der Waals surface area contributed by atoms with Crippen molar-refractivity contribution >= 4 is 0 Å². The summed E-state index contributed by atoms with van der Waals surface area (Å²) in [5, 5.41) is 10.5. The van der Waals surface area contributed by atoms with Crippen molar-refractivity contribution in [1.82, 2.24) is 0 Å². The molecule has 4 nitrogen and oxygen atoms in total. The summed E-state index contributed by atoms with van der Waals surface area (Å²) < 4.78 is 16.8. The van der Waals surface area contributed by atoms with E-state index in [1.165, 1.54) is 44.9 Å². The topological polar surface area (TPSA) is 47.9 Å². The van der Waals surface area contributed by atoms with Gasteiger partial charge in [-0.2, -0.15) is 0 Å². The van der Waals surface area contributed by atoms with Crippen molar-refractivity contribution in [1.29, 1.82) is 0 Å². The zero-order chi connectivity index (χ0) is 17.4. The third-order valence-electron chi connectivity index (χ3n) is 4.03. The summed E-state index contributed by atoms with van der Waals surface area (Å²) in [5.74, 6) is -1.29. The Balaban J connectivity index is 3.96. The summed E-state index contributed by atoms with van der Waals surface area (Å²) in [6, 6.07) is 0. The van der Waals surface area contributed by atoms with Crippen LogP contribution in [0.5, 0.6) is 0 Å². The molecule has 0 aromatic rings. The zero-order valence-corrected chi connectivity index (χ0v) is 15.9. The molecule has 4 heteroatoms. The largest absolute Gasteiger partial charge is 0.385 e. The van der Waals surface area contributed by atoms with E-state index in [4.69, 9.17) is 14.2 Å². The van der Waals surface area contributed by atoms with E-state index in [2.05, 4.69) is 6.92 Å². The Morgan fingerprint density at radius 2 is 1.04 bits per heavy atom. The van der Waals surface area contributed by atoms with Crippen molar-refractivity contribution in [3.8, 4) is 0 Å². The second kappa shape index (κ2) is 15.4. The second-order valence-corrected chi connectivity index (χ2v) is 6.04. The van der Waals surface area contributed by atoms with Crippen LogP contribution < -0.4 is 0 Å². The van der Waals surface area contributed by atoms with Gasteiger partial charge in [-0.15, -0.1) is 0 Å². The Bertz CT molecular complexity index is 229. The first-order valence-corrected chi connectivity index (χ1v) is 9.76. The van der Waals surface area contributed by atoms with Gasteiger partial charge >= 0.3 is 5.97 Å². The summed E-state index contributed by atoms with van der Waals surface area (Å²) >= 11 is 0. The molecule has 23 heavy (non-hydrogen) atoms. The Kier molecular flexibility index (Phi) is 15.3. The molecule has 0 amide bonds. The molecule has 0 aliphatic rings. The van der Waals surface area contributed by atoms with Crippen molar-refractivity contribution in [2.75, 3.05) is 19.8 Å². The van der Waals surface area contributed by atoms with Gasteiger partial charge < -0.3 is 19.3 Å². The van der Waals surface area contributed by atoms with Crippen molar-refractivity contribution in [2.45, 2.75) is 104 Å². The van der Waals surface area contributed by atoms with Crippen molar-refractivity contribution in [2.24, 2.45) is 0 Å². The molecule has 1 atom stereocenters. The number of hydrogen-bond donors (Lipinski definition) is 1. The molecule has 0 aliphatic heterocycles. The van der Waals surface area contributed by atoms with Crippen molar-refractivity contribution in [3.63, 3.8) is 0 Å². The maximum absolute atomic E-state index is 10.5. The number of rotatable bonds is 17. The van der Waals surface area contributed by atoms with Crippen LogP contribution in [-0.4, -0.2) is 37.0 Å². The fraction of sp³-hybridized carbons (Fsp3) is 1.00. The Morgan fingerprint density at radius 3 is 1.43 bits per heavy atom. The van der Waals surface area contributed by atoms with E-state index in [1.54, 1.807) is 0 Å². The lowest BCUT2D eigenvalue weighted by Crippen LogP contribution is -2.50. The van der Waals surface area contributed by atoms with E-state index in [1.807, 2.05) is 20.8 Å². The maximum atomic E-state index is 10.5. The second-order valence-electron chi connectivity index (χ2n) is 6.04.